The van der Waals surface area contributed by atoms with Gasteiger partial charge in [-0.05, 0) is 18.2 Å². The van der Waals surface area contributed by atoms with E-state index in [1.807, 2.05) is 29.2 Å². The third-order valence-electron chi connectivity index (χ3n) is 3.82. The molecule has 122 valence electrons. The monoisotopic (exact) mass is 316 g/mol. The maximum absolute atomic E-state index is 12.1. The van der Waals surface area contributed by atoms with Crippen molar-refractivity contribution < 1.29 is 14.3 Å². The van der Waals surface area contributed by atoms with Crippen LogP contribution in [0.5, 0.6) is 0 Å². The number of H-pyrrole nitrogens is 1. The van der Waals surface area contributed by atoms with E-state index in [9.17, 15) is 4.79 Å². The van der Waals surface area contributed by atoms with Crippen molar-refractivity contribution in [2.45, 2.75) is 12.5 Å². The first-order chi connectivity index (χ1) is 11.3. The second kappa shape index (κ2) is 7.34. The summed E-state index contributed by atoms with van der Waals surface area (Å²) in [6, 6.07) is 7.65. The van der Waals surface area contributed by atoms with E-state index in [2.05, 4.69) is 15.2 Å². The molecule has 7 heteroatoms. The Balaban J connectivity index is 1.71. The van der Waals surface area contributed by atoms with Gasteiger partial charge in [0.15, 0.2) is 0 Å². The van der Waals surface area contributed by atoms with Gasteiger partial charge in [-0.1, -0.05) is 6.07 Å². The molecular weight excluding hydrogens is 296 g/mol. The summed E-state index contributed by atoms with van der Waals surface area (Å²) in [5, 5.41) is 6.85. The number of aromatic amines is 1. The van der Waals surface area contributed by atoms with Gasteiger partial charge in [-0.3, -0.25) is 9.89 Å². The van der Waals surface area contributed by atoms with E-state index >= 15 is 0 Å². The van der Waals surface area contributed by atoms with Crippen LogP contribution in [0.15, 0.2) is 30.5 Å². The Kier molecular flexibility index (Phi) is 4.99. The van der Waals surface area contributed by atoms with Crippen molar-refractivity contribution in [3.05, 3.63) is 36.2 Å². The predicted octanol–water partition coefficient (Wildman–Crippen LogP) is 1.41. The summed E-state index contributed by atoms with van der Waals surface area (Å²) in [5.74, 6) is 0.0878. The number of morpholine rings is 1. The molecule has 0 radical (unpaired) electrons. The Morgan fingerprint density at radius 2 is 2.39 bits per heavy atom. The fourth-order valence-electron chi connectivity index (χ4n) is 2.58. The average molecular weight is 316 g/mol. The molecule has 1 aliphatic rings. The van der Waals surface area contributed by atoms with Crippen LogP contribution >= 0.6 is 0 Å². The molecule has 1 atom stereocenters. The van der Waals surface area contributed by atoms with Crippen LogP contribution in [0.4, 0.5) is 0 Å². The highest BCUT2D eigenvalue weighted by molar-refractivity contribution is 5.76. The molecule has 0 spiro atoms. The summed E-state index contributed by atoms with van der Waals surface area (Å²) in [7, 11) is 1.60. The van der Waals surface area contributed by atoms with E-state index in [1.165, 1.54) is 0 Å². The maximum Gasteiger partial charge on any atom is 0.225 e. The highest BCUT2D eigenvalue weighted by atomic mass is 16.5. The first kappa shape index (κ1) is 15.6. The average Bonchev–Trinajstić information content (AvgIpc) is 3.14. The quantitative estimate of drug-likeness (QED) is 0.902. The molecule has 7 nitrogen and oxygen atoms in total. The molecule has 0 bridgehead atoms. The minimum absolute atomic E-state index is 0.0878. The van der Waals surface area contributed by atoms with E-state index in [4.69, 9.17) is 9.47 Å². The highest BCUT2D eigenvalue weighted by Gasteiger charge is 2.26. The second-order valence-electron chi connectivity index (χ2n) is 5.36. The molecule has 2 aromatic rings. The predicted molar refractivity (Wildman–Crippen MR) is 83.6 cm³/mol. The molecule has 0 aliphatic carbocycles. The van der Waals surface area contributed by atoms with Gasteiger partial charge in [0, 0.05) is 19.9 Å². The molecule has 23 heavy (non-hydrogen) atoms. The standard InChI is InChI=1S/C16H20N4O3/c1-22-9-6-16(21)20-8-10-23-15(11-20)14-4-2-3-12(18-14)13-5-7-17-19-13/h2-5,7,15H,6,8-11H2,1H3,(H,17,19)/t15-/m1/s1. The van der Waals surface area contributed by atoms with E-state index in [-0.39, 0.29) is 12.0 Å². The minimum Gasteiger partial charge on any atom is -0.384 e. The summed E-state index contributed by atoms with van der Waals surface area (Å²) in [5.41, 5.74) is 2.49. The van der Waals surface area contributed by atoms with Gasteiger partial charge < -0.3 is 14.4 Å². The topological polar surface area (TPSA) is 80.3 Å². The fourth-order valence-corrected chi connectivity index (χ4v) is 2.58. The number of aromatic nitrogens is 3. The molecule has 1 aliphatic heterocycles. The van der Waals surface area contributed by atoms with Gasteiger partial charge in [-0.15, -0.1) is 0 Å². The van der Waals surface area contributed by atoms with Gasteiger partial charge in [0.1, 0.15) is 6.10 Å². The Labute approximate surface area is 134 Å². The number of carbonyl (C=O) groups excluding carboxylic acids is 1. The Morgan fingerprint density at radius 1 is 1.48 bits per heavy atom. The lowest BCUT2D eigenvalue weighted by Gasteiger charge is -2.32. The number of ether oxygens (including phenoxy) is 2. The number of nitrogens with zero attached hydrogens (tertiary/aromatic N) is 3. The van der Waals surface area contributed by atoms with Crippen molar-refractivity contribution in [3.8, 4) is 11.4 Å². The molecule has 1 saturated heterocycles. The molecule has 2 aromatic heterocycles. The van der Waals surface area contributed by atoms with Crippen LogP contribution in [-0.4, -0.2) is 59.4 Å². The summed E-state index contributed by atoms with van der Waals surface area (Å²) >= 11 is 0. The number of methoxy groups -OCH3 is 1. The van der Waals surface area contributed by atoms with E-state index in [0.717, 1.165) is 17.1 Å². The van der Waals surface area contributed by atoms with Crippen LogP contribution in [0.3, 0.4) is 0 Å². The zero-order chi connectivity index (χ0) is 16.1. The number of hydrogen-bond acceptors (Lipinski definition) is 5. The fraction of sp³-hybridized carbons (Fsp3) is 0.438. The zero-order valence-electron chi connectivity index (χ0n) is 13.1. The lowest BCUT2D eigenvalue weighted by molar-refractivity contribution is -0.140. The first-order valence-electron chi connectivity index (χ1n) is 7.63. The van der Waals surface area contributed by atoms with Gasteiger partial charge in [0.25, 0.3) is 0 Å². The number of carbonyl (C=O) groups is 1. The third-order valence-corrected chi connectivity index (χ3v) is 3.82. The van der Waals surface area contributed by atoms with Crippen molar-refractivity contribution in [1.82, 2.24) is 20.1 Å². The number of rotatable bonds is 5. The molecule has 3 rings (SSSR count). The summed E-state index contributed by atoms with van der Waals surface area (Å²) in [6.07, 6.45) is 1.88. The van der Waals surface area contributed by atoms with Gasteiger partial charge >= 0.3 is 0 Å². The van der Waals surface area contributed by atoms with Crippen LogP contribution < -0.4 is 0 Å². The summed E-state index contributed by atoms with van der Waals surface area (Å²) in [6.45, 7) is 2.08. The van der Waals surface area contributed by atoms with Crippen molar-refractivity contribution >= 4 is 5.91 Å². The Morgan fingerprint density at radius 3 is 3.17 bits per heavy atom. The Hall–Kier alpha value is -2.25. The smallest absolute Gasteiger partial charge is 0.225 e. The largest absolute Gasteiger partial charge is 0.384 e. The van der Waals surface area contributed by atoms with Crippen LogP contribution in [0, 0.1) is 0 Å². The van der Waals surface area contributed by atoms with Crippen molar-refractivity contribution in [2.75, 3.05) is 33.4 Å². The van der Waals surface area contributed by atoms with Crippen molar-refractivity contribution in [3.63, 3.8) is 0 Å². The van der Waals surface area contributed by atoms with Gasteiger partial charge in [-0.25, -0.2) is 4.98 Å². The van der Waals surface area contributed by atoms with Crippen LogP contribution in [-0.2, 0) is 14.3 Å². The highest BCUT2D eigenvalue weighted by Crippen LogP contribution is 2.23. The van der Waals surface area contributed by atoms with Crippen molar-refractivity contribution in [2.24, 2.45) is 0 Å². The Bertz CT molecular complexity index is 645. The molecule has 3 heterocycles. The van der Waals surface area contributed by atoms with Gasteiger partial charge in [-0.2, -0.15) is 5.10 Å². The van der Waals surface area contributed by atoms with Crippen LogP contribution in [0.1, 0.15) is 18.2 Å². The van der Waals surface area contributed by atoms with Crippen LogP contribution in [0.25, 0.3) is 11.4 Å². The van der Waals surface area contributed by atoms with Crippen LogP contribution in [0.2, 0.25) is 0 Å². The first-order valence-corrected chi connectivity index (χ1v) is 7.63. The third kappa shape index (κ3) is 3.75. The normalized spacial score (nSPS) is 18.1. The maximum atomic E-state index is 12.1. The minimum atomic E-state index is -0.210. The SMILES string of the molecule is COCCC(=O)N1CCO[C@@H](c2cccc(-c3ccn[nH]3)n2)C1. The lowest BCUT2D eigenvalue weighted by Crippen LogP contribution is -2.42. The zero-order valence-corrected chi connectivity index (χ0v) is 13.1. The molecule has 0 saturated carbocycles. The van der Waals surface area contributed by atoms with E-state index in [1.54, 1.807) is 13.3 Å². The molecule has 0 aromatic carbocycles. The molecule has 1 amide bonds. The van der Waals surface area contributed by atoms with Gasteiger partial charge in [0.2, 0.25) is 5.91 Å². The summed E-state index contributed by atoms with van der Waals surface area (Å²) in [4.78, 5) is 18.6. The second-order valence-corrected chi connectivity index (χ2v) is 5.36. The number of hydrogen-bond donors (Lipinski definition) is 1. The molecule has 1 N–H and O–H groups in total. The number of pyridine rings is 1. The van der Waals surface area contributed by atoms with Gasteiger partial charge in [0.05, 0.1) is 43.3 Å². The van der Waals surface area contributed by atoms with E-state index < -0.39 is 0 Å². The molecule has 1 fully saturated rings. The van der Waals surface area contributed by atoms with E-state index in [0.29, 0.717) is 32.7 Å². The summed E-state index contributed by atoms with van der Waals surface area (Å²) < 4.78 is 10.8. The lowest BCUT2D eigenvalue weighted by atomic mass is 10.1. The molecular formula is C16H20N4O3. The number of nitrogens with one attached hydrogen (secondary N) is 1. The number of amides is 1. The molecule has 0 unspecified atom stereocenters. The van der Waals surface area contributed by atoms with Crippen molar-refractivity contribution in [1.29, 1.82) is 0 Å².